The molecule has 0 unspecified atom stereocenters. The van der Waals surface area contributed by atoms with E-state index >= 15 is 0 Å². The zero-order valence-corrected chi connectivity index (χ0v) is 15.5. The van der Waals surface area contributed by atoms with Gasteiger partial charge in [0.1, 0.15) is 17.0 Å². The van der Waals surface area contributed by atoms with E-state index in [-0.39, 0.29) is 16.9 Å². The van der Waals surface area contributed by atoms with Crippen molar-refractivity contribution in [1.82, 2.24) is 4.98 Å². The van der Waals surface area contributed by atoms with Crippen molar-refractivity contribution in [3.63, 3.8) is 0 Å². The van der Waals surface area contributed by atoms with Crippen LogP contribution in [0.15, 0.2) is 70.4 Å². The standard InChI is InChI=1S/C19H13BrN4O3/c20-16-10-14(19(25)26)18(23-24-21)17(22-16)13-8-4-5-9-15(13)27-11-12-6-2-1-3-7-12/h1-10H,11H2,(H,25,26). The smallest absolute Gasteiger partial charge is 0.336 e. The third kappa shape index (κ3) is 4.25. The van der Waals surface area contributed by atoms with Gasteiger partial charge < -0.3 is 9.84 Å². The number of halogens is 1. The molecule has 0 saturated carbocycles. The van der Waals surface area contributed by atoms with Crippen LogP contribution >= 0.6 is 15.9 Å². The van der Waals surface area contributed by atoms with Crippen LogP contribution in [0.1, 0.15) is 15.9 Å². The molecule has 0 atom stereocenters. The van der Waals surface area contributed by atoms with E-state index in [1.54, 1.807) is 24.3 Å². The van der Waals surface area contributed by atoms with Gasteiger partial charge in [-0.1, -0.05) is 47.6 Å². The molecular weight excluding hydrogens is 412 g/mol. The number of hydrogen-bond donors (Lipinski definition) is 1. The molecule has 0 aliphatic rings. The molecule has 3 rings (SSSR count). The third-order valence-electron chi connectivity index (χ3n) is 3.72. The fourth-order valence-electron chi connectivity index (χ4n) is 2.53. The molecule has 1 heterocycles. The quantitative estimate of drug-likeness (QED) is 0.235. The first kappa shape index (κ1) is 18.4. The van der Waals surface area contributed by atoms with Gasteiger partial charge in [0.2, 0.25) is 0 Å². The molecule has 0 aliphatic heterocycles. The number of aromatic nitrogens is 1. The molecule has 134 valence electrons. The molecule has 0 fully saturated rings. The van der Waals surface area contributed by atoms with E-state index in [0.717, 1.165) is 5.56 Å². The molecule has 27 heavy (non-hydrogen) atoms. The van der Waals surface area contributed by atoms with Crippen LogP contribution < -0.4 is 4.74 Å². The second-order valence-corrected chi connectivity index (χ2v) is 6.27. The minimum atomic E-state index is -1.22. The van der Waals surface area contributed by atoms with Crippen molar-refractivity contribution in [2.45, 2.75) is 6.61 Å². The van der Waals surface area contributed by atoms with Crippen molar-refractivity contribution < 1.29 is 14.6 Å². The monoisotopic (exact) mass is 424 g/mol. The normalized spacial score (nSPS) is 10.1. The fourth-order valence-corrected chi connectivity index (χ4v) is 2.93. The van der Waals surface area contributed by atoms with Gasteiger partial charge in [-0.2, -0.15) is 0 Å². The highest BCUT2D eigenvalue weighted by Gasteiger charge is 2.19. The van der Waals surface area contributed by atoms with Crippen LogP contribution in [-0.4, -0.2) is 16.1 Å². The van der Waals surface area contributed by atoms with E-state index in [2.05, 4.69) is 30.9 Å². The van der Waals surface area contributed by atoms with Gasteiger partial charge >= 0.3 is 5.97 Å². The van der Waals surface area contributed by atoms with Crippen LogP contribution in [0.3, 0.4) is 0 Å². The molecule has 1 aromatic heterocycles. The Kier molecular flexibility index (Phi) is 5.71. The van der Waals surface area contributed by atoms with Gasteiger partial charge in [-0.25, -0.2) is 9.78 Å². The maximum Gasteiger partial charge on any atom is 0.336 e. The van der Waals surface area contributed by atoms with Crippen LogP contribution in [0.2, 0.25) is 0 Å². The Labute approximate surface area is 163 Å². The number of benzene rings is 2. The lowest BCUT2D eigenvalue weighted by Gasteiger charge is -2.14. The maximum atomic E-state index is 11.6. The van der Waals surface area contributed by atoms with E-state index in [0.29, 0.717) is 22.5 Å². The summed E-state index contributed by atoms with van der Waals surface area (Å²) in [5, 5.41) is 13.0. The van der Waals surface area contributed by atoms with E-state index < -0.39 is 5.97 Å². The largest absolute Gasteiger partial charge is 0.488 e. The average molecular weight is 425 g/mol. The predicted molar refractivity (Wildman–Crippen MR) is 104 cm³/mol. The zero-order valence-electron chi connectivity index (χ0n) is 13.9. The molecular formula is C19H13BrN4O3. The predicted octanol–water partition coefficient (Wildman–Crippen LogP) is 5.73. The summed E-state index contributed by atoms with van der Waals surface area (Å²) in [5.41, 5.74) is 10.4. The first-order chi connectivity index (χ1) is 13.1. The Balaban J connectivity index is 2.09. The van der Waals surface area contributed by atoms with E-state index in [1.807, 2.05) is 30.3 Å². The lowest BCUT2D eigenvalue weighted by Crippen LogP contribution is -2.02. The summed E-state index contributed by atoms with van der Waals surface area (Å²) in [4.78, 5) is 18.6. The van der Waals surface area contributed by atoms with Crippen LogP contribution in [-0.2, 0) is 6.61 Å². The number of carbonyl (C=O) groups is 1. The Bertz CT molecular complexity index is 1030. The first-order valence-electron chi connectivity index (χ1n) is 7.85. The molecule has 8 heteroatoms. The topological polar surface area (TPSA) is 108 Å². The van der Waals surface area contributed by atoms with Gasteiger partial charge in [-0.15, -0.1) is 0 Å². The number of aromatic carboxylic acids is 1. The van der Waals surface area contributed by atoms with Crippen molar-refractivity contribution in [2.75, 3.05) is 0 Å². The van der Waals surface area contributed by atoms with Crippen molar-refractivity contribution in [3.8, 4) is 17.0 Å². The molecule has 0 amide bonds. The molecule has 2 aromatic carbocycles. The molecule has 0 spiro atoms. The maximum absolute atomic E-state index is 11.6. The molecule has 0 aliphatic carbocycles. The SMILES string of the molecule is [N-]=[N+]=Nc1c(C(=O)O)cc(Br)nc1-c1ccccc1OCc1ccccc1. The average Bonchev–Trinajstić information content (AvgIpc) is 2.68. The van der Waals surface area contributed by atoms with E-state index in [9.17, 15) is 9.90 Å². The van der Waals surface area contributed by atoms with E-state index in [4.69, 9.17) is 10.3 Å². The molecule has 3 aromatic rings. The lowest BCUT2D eigenvalue weighted by atomic mass is 10.1. The molecule has 7 nitrogen and oxygen atoms in total. The highest BCUT2D eigenvalue weighted by molar-refractivity contribution is 9.10. The summed E-state index contributed by atoms with van der Waals surface area (Å²) in [5.74, 6) is -0.720. The summed E-state index contributed by atoms with van der Waals surface area (Å²) in [7, 11) is 0. The fraction of sp³-hybridized carbons (Fsp3) is 0.0526. The summed E-state index contributed by atoms with van der Waals surface area (Å²) in [6.45, 7) is 0.328. The van der Waals surface area contributed by atoms with Crippen molar-refractivity contribution in [2.24, 2.45) is 5.11 Å². The number of carboxylic acids is 1. The van der Waals surface area contributed by atoms with Crippen LogP contribution in [0.5, 0.6) is 5.75 Å². The van der Waals surface area contributed by atoms with Gasteiger partial charge in [-0.3, -0.25) is 0 Å². The zero-order chi connectivity index (χ0) is 19.2. The Morgan fingerprint density at radius 3 is 2.59 bits per heavy atom. The number of nitrogens with zero attached hydrogens (tertiary/aromatic N) is 4. The van der Waals surface area contributed by atoms with Gasteiger partial charge in [0, 0.05) is 10.5 Å². The number of carboxylic acid groups (broad SMARTS) is 1. The lowest BCUT2D eigenvalue weighted by molar-refractivity contribution is 0.0697. The third-order valence-corrected chi connectivity index (χ3v) is 4.12. The molecule has 0 bridgehead atoms. The van der Waals surface area contributed by atoms with Crippen LogP contribution in [0.4, 0.5) is 5.69 Å². The molecule has 0 radical (unpaired) electrons. The number of ether oxygens (including phenoxy) is 1. The second-order valence-electron chi connectivity index (χ2n) is 5.45. The summed E-state index contributed by atoms with van der Waals surface area (Å²) in [6.07, 6.45) is 0. The van der Waals surface area contributed by atoms with Gasteiger partial charge in [-0.05, 0) is 45.2 Å². The second kappa shape index (κ2) is 8.35. The first-order valence-corrected chi connectivity index (χ1v) is 8.64. The summed E-state index contributed by atoms with van der Waals surface area (Å²) < 4.78 is 6.22. The number of pyridine rings is 1. The number of rotatable bonds is 6. The Morgan fingerprint density at radius 2 is 1.89 bits per heavy atom. The molecule has 0 saturated heterocycles. The highest BCUT2D eigenvalue weighted by Crippen LogP contribution is 2.38. The Morgan fingerprint density at radius 1 is 1.19 bits per heavy atom. The van der Waals surface area contributed by atoms with Crippen LogP contribution in [0, 0.1) is 0 Å². The molecule has 1 N–H and O–H groups in total. The van der Waals surface area contributed by atoms with E-state index in [1.165, 1.54) is 6.07 Å². The van der Waals surface area contributed by atoms with Gasteiger partial charge in [0.15, 0.2) is 0 Å². The summed E-state index contributed by atoms with van der Waals surface area (Å²) in [6, 6.07) is 18.0. The van der Waals surface area contributed by atoms with Crippen molar-refractivity contribution in [1.29, 1.82) is 0 Å². The minimum Gasteiger partial charge on any atom is -0.488 e. The van der Waals surface area contributed by atoms with Crippen LogP contribution in [0.25, 0.3) is 21.7 Å². The van der Waals surface area contributed by atoms with Crippen molar-refractivity contribution >= 4 is 27.6 Å². The minimum absolute atomic E-state index is 0.0658. The number of para-hydroxylation sites is 1. The van der Waals surface area contributed by atoms with Gasteiger partial charge in [0.05, 0.1) is 16.9 Å². The number of azide groups is 1. The van der Waals surface area contributed by atoms with Crippen molar-refractivity contribution in [3.05, 3.63) is 86.8 Å². The highest BCUT2D eigenvalue weighted by atomic mass is 79.9. The summed E-state index contributed by atoms with van der Waals surface area (Å²) >= 11 is 3.21. The van der Waals surface area contributed by atoms with Gasteiger partial charge in [0.25, 0.3) is 0 Å². The number of hydrogen-bond acceptors (Lipinski definition) is 4. The Hall–Kier alpha value is -3.35.